The second-order valence-corrected chi connectivity index (χ2v) is 9.05. The molecule has 0 spiro atoms. The number of likely N-dealkylation sites (tertiary alicyclic amines) is 1. The number of carbonyl (C=O) groups excluding carboxylic acids is 2. The maximum Gasteiger partial charge on any atom is 0.410 e. The number of esters is 1. The molecular formula is C16H24N2O6S. The molecule has 1 amide bonds. The summed E-state index contributed by atoms with van der Waals surface area (Å²) < 4.78 is 36.3. The lowest BCUT2D eigenvalue weighted by atomic mass is 10.1. The predicted octanol–water partition coefficient (Wildman–Crippen LogP) is 1.85. The molecule has 1 saturated heterocycles. The number of rotatable bonds is 3. The van der Waals surface area contributed by atoms with Crippen LogP contribution in [0.4, 0.5) is 4.79 Å². The number of aromatic nitrogens is 1. The van der Waals surface area contributed by atoms with Crippen molar-refractivity contribution in [3.05, 3.63) is 24.0 Å². The zero-order chi connectivity index (χ0) is 18.8. The lowest BCUT2D eigenvalue weighted by Gasteiger charge is -2.33. The van der Waals surface area contributed by atoms with Crippen LogP contribution in [0.1, 0.15) is 44.0 Å². The van der Waals surface area contributed by atoms with Gasteiger partial charge in [-0.3, -0.25) is 3.97 Å². The number of ether oxygens (including phenoxy) is 2. The van der Waals surface area contributed by atoms with Gasteiger partial charge in [-0.15, -0.1) is 0 Å². The average Bonchev–Trinajstić information content (AvgIpc) is 3.03. The van der Waals surface area contributed by atoms with E-state index >= 15 is 0 Å². The summed E-state index contributed by atoms with van der Waals surface area (Å²) in [4.78, 5) is 25.0. The molecule has 1 aromatic rings. The summed E-state index contributed by atoms with van der Waals surface area (Å²) >= 11 is 0. The number of piperidine rings is 1. The molecule has 0 atom stereocenters. The maximum atomic E-state index is 12.7. The molecule has 0 radical (unpaired) electrons. The van der Waals surface area contributed by atoms with Gasteiger partial charge in [-0.2, -0.15) is 0 Å². The van der Waals surface area contributed by atoms with E-state index < -0.39 is 32.9 Å². The molecule has 1 aliphatic heterocycles. The first-order valence-corrected chi connectivity index (χ1v) is 9.53. The minimum atomic E-state index is -3.64. The zero-order valence-electron chi connectivity index (χ0n) is 14.9. The zero-order valence-corrected chi connectivity index (χ0v) is 15.7. The van der Waals surface area contributed by atoms with Gasteiger partial charge in [0.1, 0.15) is 5.60 Å². The van der Waals surface area contributed by atoms with Gasteiger partial charge in [0, 0.05) is 25.5 Å². The Labute approximate surface area is 147 Å². The van der Waals surface area contributed by atoms with Gasteiger partial charge in [0.05, 0.1) is 17.9 Å². The lowest BCUT2D eigenvalue weighted by molar-refractivity contribution is 0.0217. The normalized spacial score (nSPS) is 16.6. The topological polar surface area (TPSA) is 94.9 Å². The van der Waals surface area contributed by atoms with Crippen LogP contribution in [0, 0.1) is 0 Å². The highest BCUT2D eigenvalue weighted by Crippen LogP contribution is 2.22. The lowest BCUT2D eigenvalue weighted by Crippen LogP contribution is -2.45. The molecule has 25 heavy (non-hydrogen) atoms. The molecule has 2 rings (SSSR count). The van der Waals surface area contributed by atoms with Crippen molar-refractivity contribution in [1.82, 2.24) is 8.87 Å². The second-order valence-electron chi connectivity index (χ2n) is 6.93. The van der Waals surface area contributed by atoms with E-state index in [1.54, 1.807) is 20.8 Å². The molecule has 0 unspecified atom stereocenters. The van der Waals surface area contributed by atoms with Crippen LogP contribution in [0.2, 0.25) is 0 Å². The average molecular weight is 372 g/mol. The van der Waals surface area contributed by atoms with E-state index in [2.05, 4.69) is 4.74 Å². The second kappa shape index (κ2) is 7.07. The van der Waals surface area contributed by atoms with Crippen molar-refractivity contribution in [2.75, 3.05) is 20.2 Å². The Morgan fingerprint density at radius 1 is 1.20 bits per heavy atom. The first-order chi connectivity index (χ1) is 11.5. The van der Waals surface area contributed by atoms with Gasteiger partial charge in [-0.1, -0.05) is 0 Å². The highest BCUT2D eigenvalue weighted by molar-refractivity contribution is 7.90. The smallest absolute Gasteiger partial charge is 0.410 e. The first kappa shape index (κ1) is 19.3. The van der Waals surface area contributed by atoms with Gasteiger partial charge in [0.15, 0.2) is 0 Å². The number of hydrogen-bond donors (Lipinski definition) is 0. The van der Waals surface area contributed by atoms with E-state index in [1.165, 1.54) is 30.5 Å². The van der Waals surface area contributed by atoms with Crippen molar-refractivity contribution < 1.29 is 27.5 Å². The Kier molecular flexibility index (Phi) is 5.46. The van der Waals surface area contributed by atoms with Crippen LogP contribution in [0.25, 0.3) is 0 Å². The molecule has 0 aliphatic carbocycles. The third kappa shape index (κ3) is 4.53. The quantitative estimate of drug-likeness (QED) is 0.752. The number of amides is 1. The van der Waals surface area contributed by atoms with Crippen molar-refractivity contribution in [2.45, 2.75) is 44.5 Å². The molecule has 1 fully saturated rings. The fourth-order valence-corrected chi connectivity index (χ4v) is 4.25. The van der Waals surface area contributed by atoms with E-state index in [1.807, 2.05) is 0 Å². The fourth-order valence-electron chi connectivity index (χ4n) is 2.61. The highest BCUT2D eigenvalue weighted by atomic mass is 32.2. The van der Waals surface area contributed by atoms with E-state index in [9.17, 15) is 18.0 Å². The van der Waals surface area contributed by atoms with Crippen LogP contribution >= 0.6 is 0 Å². The Bertz CT molecular complexity index is 739. The number of hydrogen-bond acceptors (Lipinski definition) is 6. The third-order valence-electron chi connectivity index (χ3n) is 3.90. The van der Waals surface area contributed by atoms with Crippen LogP contribution in [0.15, 0.2) is 18.5 Å². The minimum Gasteiger partial charge on any atom is -0.465 e. The summed E-state index contributed by atoms with van der Waals surface area (Å²) in [7, 11) is -2.40. The maximum absolute atomic E-state index is 12.7. The van der Waals surface area contributed by atoms with E-state index in [0.29, 0.717) is 25.9 Å². The Morgan fingerprint density at radius 3 is 2.32 bits per heavy atom. The van der Waals surface area contributed by atoms with Crippen molar-refractivity contribution >= 4 is 22.1 Å². The number of nitrogens with zero attached hydrogens (tertiary/aromatic N) is 2. The summed E-state index contributed by atoms with van der Waals surface area (Å²) in [5, 5.41) is -0.621. The molecule has 0 N–H and O–H groups in total. The summed E-state index contributed by atoms with van der Waals surface area (Å²) in [5.74, 6) is -0.589. The van der Waals surface area contributed by atoms with Gasteiger partial charge in [-0.25, -0.2) is 18.0 Å². The van der Waals surface area contributed by atoms with E-state index in [0.717, 1.165) is 3.97 Å². The standard InChI is InChI=1S/C16H24N2O6S/c1-16(2,3)24-15(20)17-8-6-13(7-9-17)25(21,22)18-10-5-12(11-18)14(19)23-4/h5,10-11,13H,6-9H2,1-4H3. The van der Waals surface area contributed by atoms with Crippen LogP contribution in [-0.4, -0.2) is 60.4 Å². The van der Waals surface area contributed by atoms with Crippen molar-refractivity contribution in [3.63, 3.8) is 0 Å². The van der Waals surface area contributed by atoms with Crippen molar-refractivity contribution in [1.29, 1.82) is 0 Å². The summed E-state index contributed by atoms with van der Waals surface area (Å²) in [6.45, 7) is 5.97. The summed E-state index contributed by atoms with van der Waals surface area (Å²) in [6.07, 6.45) is 2.78. The van der Waals surface area contributed by atoms with Gasteiger partial charge in [0.25, 0.3) is 0 Å². The number of carbonyl (C=O) groups is 2. The summed E-state index contributed by atoms with van der Waals surface area (Å²) in [6, 6.07) is 1.40. The van der Waals surface area contributed by atoms with Gasteiger partial charge >= 0.3 is 12.1 Å². The van der Waals surface area contributed by atoms with Crippen LogP contribution in [0.5, 0.6) is 0 Å². The molecule has 0 bridgehead atoms. The van der Waals surface area contributed by atoms with Crippen molar-refractivity contribution in [3.8, 4) is 0 Å². The van der Waals surface area contributed by atoms with Crippen LogP contribution in [-0.2, 0) is 19.5 Å². The number of methoxy groups -OCH3 is 1. The molecule has 1 aliphatic rings. The van der Waals surface area contributed by atoms with Gasteiger partial charge < -0.3 is 14.4 Å². The highest BCUT2D eigenvalue weighted by Gasteiger charge is 2.34. The summed E-state index contributed by atoms with van der Waals surface area (Å²) in [5.41, 5.74) is -0.410. The first-order valence-electron chi connectivity index (χ1n) is 8.03. The molecule has 0 saturated carbocycles. The molecule has 1 aromatic heterocycles. The predicted molar refractivity (Wildman–Crippen MR) is 90.9 cm³/mol. The van der Waals surface area contributed by atoms with E-state index in [-0.39, 0.29) is 5.56 Å². The fraction of sp³-hybridized carbons (Fsp3) is 0.625. The Morgan fingerprint density at radius 2 is 1.80 bits per heavy atom. The molecule has 140 valence electrons. The van der Waals surface area contributed by atoms with Gasteiger partial charge in [0.2, 0.25) is 10.0 Å². The molecule has 2 heterocycles. The van der Waals surface area contributed by atoms with Crippen molar-refractivity contribution in [2.24, 2.45) is 0 Å². The SMILES string of the molecule is COC(=O)c1ccn(S(=O)(=O)C2CCN(C(=O)OC(C)(C)C)CC2)c1. The molecule has 8 nitrogen and oxygen atoms in total. The molecular weight excluding hydrogens is 348 g/mol. The minimum absolute atomic E-state index is 0.178. The molecule has 0 aromatic carbocycles. The van der Waals surface area contributed by atoms with Crippen LogP contribution < -0.4 is 0 Å². The molecule has 9 heteroatoms. The largest absolute Gasteiger partial charge is 0.465 e. The third-order valence-corrected chi connectivity index (χ3v) is 6.03. The Hall–Kier alpha value is -2.03. The monoisotopic (exact) mass is 372 g/mol. The van der Waals surface area contributed by atoms with Crippen LogP contribution in [0.3, 0.4) is 0 Å². The Balaban J connectivity index is 2.03. The van der Waals surface area contributed by atoms with E-state index in [4.69, 9.17) is 4.74 Å². The van der Waals surface area contributed by atoms with Gasteiger partial charge in [-0.05, 0) is 39.7 Å².